The third-order valence-corrected chi connectivity index (χ3v) is 3.01. The van der Waals surface area contributed by atoms with Gasteiger partial charge in [-0.15, -0.1) is 0 Å². The van der Waals surface area contributed by atoms with E-state index < -0.39 is 18.0 Å². The molecule has 1 N–H and O–H groups in total. The minimum atomic E-state index is -0.912. The Kier molecular flexibility index (Phi) is 5.43. The summed E-state index contributed by atoms with van der Waals surface area (Å²) in [6.45, 7) is 1.75. The van der Waals surface area contributed by atoms with Crippen LogP contribution in [0.1, 0.15) is 23.7 Å². The Morgan fingerprint density at radius 1 is 1.32 bits per heavy atom. The molecule has 0 aliphatic carbocycles. The zero-order chi connectivity index (χ0) is 15.9. The largest absolute Gasteiger partial charge is 0.449 e. The number of nitrogens with zero attached hydrogens (tertiary/aromatic N) is 2. The van der Waals surface area contributed by atoms with Gasteiger partial charge in [0.25, 0.3) is 5.91 Å². The number of esters is 1. The lowest BCUT2D eigenvalue weighted by atomic mass is 10.2. The molecule has 1 unspecified atom stereocenters. The van der Waals surface area contributed by atoms with Gasteiger partial charge in [-0.05, 0) is 30.7 Å². The lowest BCUT2D eigenvalue weighted by molar-refractivity contribution is -0.124. The van der Waals surface area contributed by atoms with Gasteiger partial charge < -0.3 is 10.1 Å². The first kappa shape index (κ1) is 15.9. The molecule has 7 heteroatoms. The smallest absolute Gasteiger partial charge is 0.340 e. The fraction of sp³-hybridized carbons (Fsp3) is 0.200. The highest BCUT2D eigenvalue weighted by molar-refractivity contribution is 6.30. The van der Waals surface area contributed by atoms with E-state index in [9.17, 15) is 9.59 Å². The summed E-state index contributed by atoms with van der Waals surface area (Å²) in [6, 6.07) is 6.36. The number of aromatic nitrogens is 2. The van der Waals surface area contributed by atoms with Crippen LogP contribution in [0.4, 0.5) is 5.82 Å². The number of halogens is 1. The van der Waals surface area contributed by atoms with Crippen LogP contribution in [-0.2, 0) is 9.53 Å². The first-order valence-corrected chi connectivity index (χ1v) is 7.01. The Labute approximate surface area is 132 Å². The van der Waals surface area contributed by atoms with Gasteiger partial charge >= 0.3 is 5.97 Å². The quantitative estimate of drug-likeness (QED) is 0.857. The van der Waals surface area contributed by atoms with E-state index in [2.05, 4.69) is 15.3 Å². The average molecular weight is 320 g/mol. The lowest BCUT2D eigenvalue weighted by Gasteiger charge is -2.15. The van der Waals surface area contributed by atoms with Gasteiger partial charge in [0.15, 0.2) is 6.10 Å². The zero-order valence-corrected chi connectivity index (χ0v) is 12.6. The van der Waals surface area contributed by atoms with E-state index in [0.29, 0.717) is 22.8 Å². The molecule has 0 saturated heterocycles. The maximum absolute atomic E-state index is 12.1. The SMILES string of the molecule is CCC(OC(=O)c1cccnc1)C(=O)Nc1ccc(Cl)cn1. The number of ether oxygens (including phenoxy) is 1. The highest BCUT2D eigenvalue weighted by atomic mass is 35.5. The summed E-state index contributed by atoms with van der Waals surface area (Å²) in [5.41, 5.74) is 0.290. The molecule has 0 aliphatic heterocycles. The molecule has 22 heavy (non-hydrogen) atoms. The third kappa shape index (κ3) is 4.26. The molecule has 1 amide bonds. The number of anilines is 1. The second kappa shape index (κ2) is 7.51. The monoisotopic (exact) mass is 319 g/mol. The van der Waals surface area contributed by atoms with Crippen molar-refractivity contribution in [2.24, 2.45) is 0 Å². The number of carbonyl (C=O) groups excluding carboxylic acids is 2. The van der Waals surface area contributed by atoms with Gasteiger partial charge in [-0.25, -0.2) is 9.78 Å². The maximum atomic E-state index is 12.1. The number of hydrogen-bond donors (Lipinski definition) is 1. The number of pyridine rings is 2. The summed E-state index contributed by atoms with van der Waals surface area (Å²) >= 11 is 5.72. The van der Waals surface area contributed by atoms with Gasteiger partial charge in [-0.3, -0.25) is 9.78 Å². The Morgan fingerprint density at radius 2 is 2.14 bits per heavy atom. The third-order valence-electron chi connectivity index (χ3n) is 2.79. The molecular weight excluding hydrogens is 306 g/mol. The van der Waals surface area contributed by atoms with Gasteiger partial charge in [-0.2, -0.15) is 0 Å². The number of nitrogens with one attached hydrogen (secondary N) is 1. The van der Waals surface area contributed by atoms with Crippen LogP contribution >= 0.6 is 11.6 Å². The molecule has 0 bridgehead atoms. The number of amides is 1. The number of carbonyl (C=O) groups is 2. The Hall–Kier alpha value is -2.47. The molecule has 0 fully saturated rings. The van der Waals surface area contributed by atoms with Gasteiger partial charge in [0.2, 0.25) is 0 Å². The summed E-state index contributed by atoms with van der Waals surface area (Å²) in [6.07, 6.45) is 3.77. The molecular formula is C15H14ClN3O3. The molecule has 114 valence electrons. The van der Waals surface area contributed by atoms with E-state index in [1.54, 1.807) is 37.4 Å². The fourth-order valence-electron chi connectivity index (χ4n) is 1.66. The van der Waals surface area contributed by atoms with Crippen LogP contribution in [0.25, 0.3) is 0 Å². The first-order chi connectivity index (χ1) is 10.6. The number of hydrogen-bond acceptors (Lipinski definition) is 5. The predicted molar refractivity (Wildman–Crippen MR) is 81.6 cm³/mol. The highest BCUT2D eigenvalue weighted by Crippen LogP contribution is 2.12. The standard InChI is InChI=1S/C15H14ClN3O3/c1-2-12(22-15(21)10-4-3-7-17-8-10)14(20)19-13-6-5-11(16)9-18-13/h3-9,12H,2H2,1H3,(H,18,19,20). The molecule has 2 heterocycles. The second-order valence-corrected chi connectivity index (χ2v) is 4.83. The minimum absolute atomic E-state index is 0.290. The maximum Gasteiger partial charge on any atom is 0.340 e. The van der Waals surface area contributed by atoms with E-state index in [0.717, 1.165) is 0 Å². The molecule has 6 nitrogen and oxygen atoms in total. The van der Waals surface area contributed by atoms with Crippen LogP contribution < -0.4 is 5.32 Å². The lowest BCUT2D eigenvalue weighted by Crippen LogP contribution is -2.32. The van der Waals surface area contributed by atoms with Crippen LogP contribution in [-0.4, -0.2) is 27.9 Å². The summed E-state index contributed by atoms with van der Waals surface area (Å²) < 4.78 is 5.20. The van der Waals surface area contributed by atoms with E-state index in [-0.39, 0.29) is 0 Å². The van der Waals surface area contributed by atoms with Crippen LogP contribution in [0.3, 0.4) is 0 Å². The van der Waals surface area contributed by atoms with Crippen LogP contribution in [0.5, 0.6) is 0 Å². The van der Waals surface area contributed by atoms with Gasteiger partial charge in [0.05, 0.1) is 10.6 Å². The van der Waals surface area contributed by atoms with Crippen LogP contribution in [0, 0.1) is 0 Å². The molecule has 2 rings (SSSR count). The van der Waals surface area contributed by atoms with Crippen molar-refractivity contribution < 1.29 is 14.3 Å². The summed E-state index contributed by atoms with van der Waals surface area (Å²) in [4.78, 5) is 31.9. The summed E-state index contributed by atoms with van der Waals surface area (Å²) in [5, 5.41) is 3.04. The van der Waals surface area contributed by atoms with Gasteiger partial charge in [-0.1, -0.05) is 18.5 Å². The Morgan fingerprint density at radius 3 is 2.73 bits per heavy atom. The molecule has 1 atom stereocenters. The normalized spacial score (nSPS) is 11.5. The van der Waals surface area contributed by atoms with E-state index in [1.807, 2.05) is 0 Å². The van der Waals surface area contributed by atoms with E-state index in [1.165, 1.54) is 12.4 Å². The van der Waals surface area contributed by atoms with Crippen molar-refractivity contribution in [2.45, 2.75) is 19.4 Å². The molecule has 2 aromatic heterocycles. The van der Waals surface area contributed by atoms with Crippen LogP contribution in [0.2, 0.25) is 5.02 Å². The van der Waals surface area contributed by atoms with Crippen molar-refractivity contribution in [2.75, 3.05) is 5.32 Å². The first-order valence-electron chi connectivity index (χ1n) is 6.63. The van der Waals surface area contributed by atoms with Crippen molar-refractivity contribution in [3.05, 3.63) is 53.4 Å². The minimum Gasteiger partial charge on any atom is -0.449 e. The van der Waals surface area contributed by atoms with Crippen molar-refractivity contribution >= 4 is 29.3 Å². The topological polar surface area (TPSA) is 81.2 Å². The van der Waals surface area contributed by atoms with Crippen molar-refractivity contribution in [1.29, 1.82) is 0 Å². The fourth-order valence-corrected chi connectivity index (χ4v) is 1.77. The van der Waals surface area contributed by atoms with Gasteiger partial charge in [0.1, 0.15) is 5.82 Å². The second-order valence-electron chi connectivity index (χ2n) is 4.39. The average Bonchev–Trinajstić information content (AvgIpc) is 2.55. The van der Waals surface area contributed by atoms with E-state index >= 15 is 0 Å². The van der Waals surface area contributed by atoms with Crippen LogP contribution in [0.15, 0.2) is 42.9 Å². The Balaban J connectivity index is 2.00. The summed E-state index contributed by atoms with van der Waals surface area (Å²) in [7, 11) is 0. The molecule has 0 saturated carbocycles. The molecule has 0 aromatic carbocycles. The van der Waals surface area contributed by atoms with Crippen molar-refractivity contribution in [1.82, 2.24) is 9.97 Å². The molecule has 0 spiro atoms. The van der Waals surface area contributed by atoms with Crippen molar-refractivity contribution in [3.8, 4) is 0 Å². The van der Waals surface area contributed by atoms with Gasteiger partial charge in [0, 0.05) is 18.6 Å². The molecule has 0 radical (unpaired) electrons. The molecule has 0 aliphatic rings. The van der Waals surface area contributed by atoms with Crippen molar-refractivity contribution in [3.63, 3.8) is 0 Å². The number of rotatable bonds is 5. The zero-order valence-electron chi connectivity index (χ0n) is 11.8. The molecule has 2 aromatic rings. The highest BCUT2D eigenvalue weighted by Gasteiger charge is 2.22. The Bertz CT molecular complexity index is 647. The predicted octanol–water partition coefficient (Wildman–Crippen LogP) is 2.70. The summed E-state index contributed by atoms with van der Waals surface area (Å²) in [5.74, 6) is -0.709. The van der Waals surface area contributed by atoms with E-state index in [4.69, 9.17) is 16.3 Å².